The molecule has 0 heterocycles. The van der Waals surface area contributed by atoms with Gasteiger partial charge < -0.3 is 4.74 Å². The molecule has 0 aliphatic rings. The maximum Gasteiger partial charge on any atom is 0.412 e. The first kappa shape index (κ1) is 13.5. The zero-order chi connectivity index (χ0) is 13.1. The smallest absolute Gasteiger partial charge is 0.412 e. The van der Waals surface area contributed by atoms with Crippen LogP contribution in [0.5, 0.6) is 0 Å². The summed E-state index contributed by atoms with van der Waals surface area (Å²) in [6.07, 6.45) is 0.0987. The van der Waals surface area contributed by atoms with E-state index in [0.29, 0.717) is 22.6 Å². The van der Waals surface area contributed by atoms with Gasteiger partial charge in [0.2, 0.25) is 0 Å². The molecule has 0 unspecified atom stereocenters. The van der Waals surface area contributed by atoms with Crippen LogP contribution in [0.25, 0.3) is 0 Å². The van der Waals surface area contributed by atoms with Crippen LogP contribution in [-0.2, 0) is 4.74 Å². The number of anilines is 1. The molecule has 0 radical (unpaired) electrons. The topological polar surface area (TPSA) is 55.4 Å². The number of aldehydes is 1. The van der Waals surface area contributed by atoms with Crippen molar-refractivity contribution in [1.82, 2.24) is 0 Å². The van der Waals surface area contributed by atoms with Gasteiger partial charge in [0.15, 0.2) is 0 Å². The molecule has 0 saturated heterocycles. The third-order valence-electron chi connectivity index (χ3n) is 1.76. The number of carbonyl (C=O) groups is 2. The average molecular weight is 256 g/mol. The lowest BCUT2D eigenvalue weighted by molar-refractivity contribution is 0.0636. The first-order valence-corrected chi connectivity index (χ1v) is 5.44. The molecule has 1 rings (SSSR count). The van der Waals surface area contributed by atoms with Crippen molar-refractivity contribution >= 4 is 29.7 Å². The number of hydrogen-bond acceptors (Lipinski definition) is 3. The Morgan fingerprint density at radius 1 is 1.41 bits per heavy atom. The third-order valence-corrected chi connectivity index (χ3v) is 2.08. The van der Waals surface area contributed by atoms with E-state index >= 15 is 0 Å². The van der Waals surface area contributed by atoms with Gasteiger partial charge in [0.1, 0.15) is 11.9 Å². The van der Waals surface area contributed by atoms with Gasteiger partial charge in [-0.2, -0.15) is 0 Å². The van der Waals surface area contributed by atoms with Crippen molar-refractivity contribution in [2.75, 3.05) is 5.32 Å². The van der Waals surface area contributed by atoms with Crippen LogP contribution in [0.4, 0.5) is 10.5 Å². The monoisotopic (exact) mass is 255 g/mol. The number of carbonyl (C=O) groups excluding carboxylic acids is 2. The molecule has 5 heteroatoms. The summed E-state index contributed by atoms with van der Waals surface area (Å²) in [5.74, 6) is 0. The second kappa shape index (κ2) is 5.19. The predicted octanol–water partition coefficient (Wildman–Crippen LogP) is 3.50. The van der Waals surface area contributed by atoms with Crippen molar-refractivity contribution < 1.29 is 14.3 Å². The molecule has 0 saturated carbocycles. The van der Waals surface area contributed by atoms with Gasteiger partial charge in [0.25, 0.3) is 0 Å². The summed E-state index contributed by atoms with van der Waals surface area (Å²) >= 11 is 5.89. The second-order valence-corrected chi connectivity index (χ2v) is 4.89. The van der Waals surface area contributed by atoms with E-state index < -0.39 is 11.7 Å². The van der Waals surface area contributed by atoms with Crippen molar-refractivity contribution in [1.29, 1.82) is 0 Å². The first-order valence-electron chi connectivity index (χ1n) is 5.06. The summed E-state index contributed by atoms with van der Waals surface area (Å²) in [5, 5.41) is 2.80. The number of hydrogen-bond donors (Lipinski definition) is 1. The molecule has 0 aliphatic heterocycles. The Hall–Kier alpha value is -1.55. The van der Waals surface area contributed by atoms with Crippen LogP contribution >= 0.6 is 11.6 Å². The lowest BCUT2D eigenvalue weighted by Crippen LogP contribution is -2.27. The predicted molar refractivity (Wildman–Crippen MR) is 66.7 cm³/mol. The van der Waals surface area contributed by atoms with E-state index in [1.165, 1.54) is 6.07 Å². The molecule has 0 aliphatic carbocycles. The maximum atomic E-state index is 11.5. The highest BCUT2D eigenvalue weighted by atomic mass is 35.5. The Morgan fingerprint density at radius 3 is 2.53 bits per heavy atom. The van der Waals surface area contributed by atoms with Crippen LogP contribution in [0.15, 0.2) is 18.2 Å². The SMILES string of the molecule is CC(C)(C)OC(=O)Nc1ccc(C=O)cc1Cl. The molecule has 1 aromatic rings. The summed E-state index contributed by atoms with van der Waals surface area (Å²) in [5.41, 5.74) is 0.288. The maximum absolute atomic E-state index is 11.5. The van der Waals surface area contributed by atoms with E-state index in [0.717, 1.165) is 0 Å². The fourth-order valence-electron chi connectivity index (χ4n) is 1.12. The zero-order valence-electron chi connectivity index (χ0n) is 9.91. The minimum Gasteiger partial charge on any atom is -0.444 e. The van der Waals surface area contributed by atoms with E-state index in [9.17, 15) is 9.59 Å². The number of nitrogens with one attached hydrogen (secondary N) is 1. The number of benzene rings is 1. The highest BCUT2D eigenvalue weighted by Crippen LogP contribution is 2.23. The Kier molecular flexibility index (Phi) is 4.12. The molecule has 0 spiro atoms. The quantitative estimate of drug-likeness (QED) is 0.823. The minimum absolute atomic E-state index is 0.292. The van der Waals surface area contributed by atoms with E-state index in [1.54, 1.807) is 32.9 Å². The molecular weight excluding hydrogens is 242 g/mol. The van der Waals surface area contributed by atoms with Crippen LogP contribution < -0.4 is 5.32 Å². The molecule has 1 aromatic carbocycles. The third kappa shape index (κ3) is 4.44. The van der Waals surface area contributed by atoms with Gasteiger partial charge in [0, 0.05) is 5.56 Å². The van der Waals surface area contributed by atoms with Crippen LogP contribution in [0.1, 0.15) is 31.1 Å². The van der Waals surface area contributed by atoms with Crippen LogP contribution in [0.3, 0.4) is 0 Å². The van der Waals surface area contributed by atoms with Gasteiger partial charge >= 0.3 is 6.09 Å². The number of halogens is 1. The van der Waals surface area contributed by atoms with E-state index in [-0.39, 0.29) is 0 Å². The Morgan fingerprint density at radius 2 is 2.06 bits per heavy atom. The standard InChI is InChI=1S/C12H14ClNO3/c1-12(2,3)17-11(16)14-10-5-4-8(7-15)6-9(10)13/h4-7H,1-3H3,(H,14,16). The average Bonchev–Trinajstić information content (AvgIpc) is 2.18. The second-order valence-electron chi connectivity index (χ2n) is 4.48. The number of amides is 1. The van der Waals surface area contributed by atoms with Crippen molar-refractivity contribution in [3.05, 3.63) is 28.8 Å². The lowest BCUT2D eigenvalue weighted by atomic mass is 10.2. The summed E-state index contributed by atoms with van der Waals surface area (Å²) in [4.78, 5) is 22.0. The first-order chi connectivity index (χ1) is 7.81. The van der Waals surface area contributed by atoms with E-state index in [1.807, 2.05) is 0 Å². The van der Waals surface area contributed by atoms with Crippen LogP contribution in [0, 0.1) is 0 Å². The minimum atomic E-state index is -0.585. The fraction of sp³-hybridized carbons (Fsp3) is 0.333. The highest BCUT2D eigenvalue weighted by molar-refractivity contribution is 6.33. The van der Waals surface area contributed by atoms with Gasteiger partial charge in [-0.1, -0.05) is 11.6 Å². The molecule has 0 fully saturated rings. The molecule has 1 amide bonds. The molecule has 0 atom stereocenters. The molecule has 1 N–H and O–H groups in total. The normalized spacial score (nSPS) is 10.8. The fourth-order valence-corrected chi connectivity index (χ4v) is 1.36. The lowest BCUT2D eigenvalue weighted by Gasteiger charge is -2.20. The Balaban J connectivity index is 2.75. The molecule has 4 nitrogen and oxygen atoms in total. The van der Waals surface area contributed by atoms with Crippen molar-refractivity contribution in [3.8, 4) is 0 Å². The summed E-state index contributed by atoms with van der Waals surface area (Å²) < 4.78 is 5.07. The van der Waals surface area contributed by atoms with Crippen molar-refractivity contribution in [2.45, 2.75) is 26.4 Å². The van der Waals surface area contributed by atoms with Crippen LogP contribution in [0.2, 0.25) is 5.02 Å². The largest absolute Gasteiger partial charge is 0.444 e. The van der Waals surface area contributed by atoms with Crippen LogP contribution in [-0.4, -0.2) is 18.0 Å². The molecule has 17 heavy (non-hydrogen) atoms. The molecule has 0 aromatic heterocycles. The molecular formula is C12H14ClNO3. The molecule has 0 bridgehead atoms. The number of rotatable bonds is 2. The van der Waals surface area contributed by atoms with Crippen molar-refractivity contribution in [3.63, 3.8) is 0 Å². The Bertz CT molecular complexity index is 438. The van der Waals surface area contributed by atoms with Gasteiger partial charge in [-0.3, -0.25) is 10.1 Å². The summed E-state index contributed by atoms with van der Waals surface area (Å²) in [6, 6.07) is 4.59. The highest BCUT2D eigenvalue weighted by Gasteiger charge is 2.16. The summed E-state index contributed by atoms with van der Waals surface area (Å²) in [6.45, 7) is 5.30. The van der Waals surface area contributed by atoms with Gasteiger partial charge in [-0.15, -0.1) is 0 Å². The van der Waals surface area contributed by atoms with E-state index in [2.05, 4.69) is 5.32 Å². The van der Waals surface area contributed by atoms with Gasteiger partial charge in [-0.25, -0.2) is 4.79 Å². The summed E-state index contributed by atoms with van der Waals surface area (Å²) in [7, 11) is 0. The van der Waals surface area contributed by atoms with Gasteiger partial charge in [0.05, 0.1) is 10.7 Å². The van der Waals surface area contributed by atoms with E-state index in [4.69, 9.17) is 16.3 Å². The molecule has 92 valence electrons. The zero-order valence-corrected chi connectivity index (χ0v) is 10.7. The Labute approximate surface area is 105 Å². The number of ether oxygens (including phenoxy) is 1. The van der Waals surface area contributed by atoms with Gasteiger partial charge in [-0.05, 0) is 39.0 Å². The van der Waals surface area contributed by atoms with Crippen molar-refractivity contribution in [2.24, 2.45) is 0 Å².